The van der Waals surface area contributed by atoms with Gasteiger partial charge in [0.15, 0.2) is 0 Å². The van der Waals surface area contributed by atoms with Crippen molar-refractivity contribution < 1.29 is 17.6 Å². The van der Waals surface area contributed by atoms with E-state index < -0.39 is 17.9 Å². The van der Waals surface area contributed by atoms with E-state index in [0.29, 0.717) is 16.1 Å². The smallest absolute Gasteiger partial charge is 0.206 e. The summed E-state index contributed by atoms with van der Waals surface area (Å²) < 4.78 is 54.3. The van der Waals surface area contributed by atoms with Gasteiger partial charge in [0.25, 0.3) is 0 Å². The third kappa shape index (κ3) is 5.23. The Labute approximate surface area is 166 Å². The van der Waals surface area contributed by atoms with E-state index >= 15 is 0 Å². The van der Waals surface area contributed by atoms with Gasteiger partial charge in [-0.05, 0) is 35.2 Å². The van der Waals surface area contributed by atoms with Crippen LogP contribution in [0.2, 0.25) is 5.02 Å². The van der Waals surface area contributed by atoms with E-state index in [9.17, 15) is 17.6 Å². The Kier molecular flexibility index (Phi) is 6.20. The maximum atomic E-state index is 13.8. The van der Waals surface area contributed by atoms with E-state index in [0.717, 1.165) is 5.56 Å². The zero-order valence-electron chi connectivity index (χ0n) is 14.8. The van der Waals surface area contributed by atoms with Crippen molar-refractivity contribution in [3.63, 3.8) is 0 Å². The number of alkyl halides is 3. The van der Waals surface area contributed by atoms with Gasteiger partial charge < -0.3 is 0 Å². The molecule has 0 bridgehead atoms. The fourth-order valence-electron chi connectivity index (χ4n) is 2.93. The van der Waals surface area contributed by atoms with Gasteiger partial charge in [-0.2, -0.15) is 13.2 Å². The van der Waals surface area contributed by atoms with E-state index in [-0.39, 0.29) is 12.0 Å². The minimum absolute atomic E-state index is 0.136. The third-order valence-electron chi connectivity index (χ3n) is 4.43. The maximum absolute atomic E-state index is 13.8. The first-order valence-corrected chi connectivity index (χ1v) is 9.04. The zero-order chi connectivity index (χ0) is 20.1. The van der Waals surface area contributed by atoms with E-state index in [1.54, 1.807) is 66.7 Å². The molecule has 5 heteroatoms. The number of halogens is 5. The summed E-state index contributed by atoms with van der Waals surface area (Å²) in [5, 5.41) is 0.316. The Bertz CT molecular complexity index is 945. The molecule has 3 rings (SSSR count). The predicted octanol–water partition coefficient (Wildman–Crippen LogP) is 7.54. The second-order valence-corrected chi connectivity index (χ2v) is 6.89. The van der Waals surface area contributed by atoms with E-state index in [1.165, 1.54) is 18.2 Å². The first-order valence-electron chi connectivity index (χ1n) is 8.66. The van der Waals surface area contributed by atoms with Gasteiger partial charge >= 0.3 is 6.18 Å². The van der Waals surface area contributed by atoms with E-state index in [4.69, 9.17) is 11.6 Å². The predicted molar refractivity (Wildman–Crippen MR) is 106 cm³/mol. The molecule has 0 unspecified atom stereocenters. The molecule has 0 N–H and O–H groups in total. The Hall–Kier alpha value is -2.59. The van der Waals surface area contributed by atoms with Crippen LogP contribution in [-0.4, -0.2) is 6.18 Å². The van der Waals surface area contributed by atoms with Gasteiger partial charge in [-0.3, -0.25) is 0 Å². The van der Waals surface area contributed by atoms with Crippen LogP contribution in [0.4, 0.5) is 17.6 Å². The normalized spacial score (nSPS) is 13.0. The van der Waals surface area contributed by atoms with Crippen LogP contribution in [0.1, 0.15) is 28.2 Å². The zero-order valence-corrected chi connectivity index (χ0v) is 15.5. The Morgan fingerprint density at radius 2 is 1.54 bits per heavy atom. The molecule has 0 radical (unpaired) electrons. The molecule has 0 aliphatic heterocycles. The van der Waals surface area contributed by atoms with Gasteiger partial charge in [0.1, 0.15) is 5.82 Å². The standard InChI is InChI=1S/C23H17ClF4/c24-20-13-12-19(22(25)15-20)11-10-16-6-8-17(9-7-16)14-21(23(26,27)28)18-4-2-1-3-5-18/h1-13,15,21H,14H2/t21-/m0/s1. The Morgan fingerprint density at radius 3 is 2.14 bits per heavy atom. The highest BCUT2D eigenvalue weighted by atomic mass is 35.5. The highest BCUT2D eigenvalue weighted by Gasteiger charge is 2.40. The van der Waals surface area contributed by atoms with Crippen molar-refractivity contribution >= 4 is 23.8 Å². The monoisotopic (exact) mass is 404 g/mol. The lowest BCUT2D eigenvalue weighted by molar-refractivity contribution is -0.150. The maximum Gasteiger partial charge on any atom is 0.396 e. The van der Waals surface area contributed by atoms with Crippen LogP contribution in [0.25, 0.3) is 12.2 Å². The van der Waals surface area contributed by atoms with Crippen LogP contribution >= 0.6 is 11.6 Å². The van der Waals surface area contributed by atoms with Gasteiger partial charge in [-0.1, -0.05) is 84.4 Å². The van der Waals surface area contributed by atoms with Crippen LogP contribution in [0.15, 0.2) is 72.8 Å². The van der Waals surface area contributed by atoms with Gasteiger partial charge in [0.05, 0.1) is 5.92 Å². The lowest BCUT2D eigenvalue weighted by Gasteiger charge is -2.21. The minimum Gasteiger partial charge on any atom is -0.206 e. The second-order valence-electron chi connectivity index (χ2n) is 6.45. The summed E-state index contributed by atoms with van der Waals surface area (Å²) in [6.07, 6.45) is -1.16. The van der Waals surface area contributed by atoms with Crippen molar-refractivity contribution in [2.45, 2.75) is 18.5 Å². The van der Waals surface area contributed by atoms with Gasteiger partial charge in [0.2, 0.25) is 0 Å². The van der Waals surface area contributed by atoms with Crippen molar-refractivity contribution in [3.8, 4) is 0 Å². The molecule has 3 aromatic carbocycles. The molecule has 0 aliphatic rings. The number of rotatable bonds is 5. The molecule has 0 fully saturated rings. The molecular formula is C23H17ClF4. The van der Waals surface area contributed by atoms with Crippen molar-refractivity contribution in [2.75, 3.05) is 0 Å². The number of hydrogen-bond acceptors (Lipinski definition) is 0. The largest absolute Gasteiger partial charge is 0.396 e. The summed E-state index contributed by atoms with van der Waals surface area (Å²) in [6.45, 7) is 0. The fraction of sp³-hybridized carbons (Fsp3) is 0.130. The Morgan fingerprint density at radius 1 is 0.857 bits per heavy atom. The molecule has 0 amide bonds. The fourth-order valence-corrected chi connectivity index (χ4v) is 3.09. The average molecular weight is 405 g/mol. The quantitative estimate of drug-likeness (QED) is 0.304. The summed E-state index contributed by atoms with van der Waals surface area (Å²) in [6, 6.07) is 19.1. The average Bonchev–Trinajstić information content (AvgIpc) is 2.66. The van der Waals surface area contributed by atoms with Crippen LogP contribution in [0.5, 0.6) is 0 Å². The molecular weight excluding hydrogens is 388 g/mol. The first-order chi connectivity index (χ1) is 13.3. The van der Waals surface area contributed by atoms with Crippen LogP contribution in [-0.2, 0) is 6.42 Å². The number of hydrogen-bond donors (Lipinski definition) is 0. The lowest BCUT2D eigenvalue weighted by atomic mass is 9.91. The molecule has 0 saturated carbocycles. The highest BCUT2D eigenvalue weighted by molar-refractivity contribution is 6.30. The summed E-state index contributed by atoms with van der Waals surface area (Å²) in [5.41, 5.74) is 1.98. The lowest BCUT2D eigenvalue weighted by Crippen LogP contribution is -2.22. The molecule has 0 heterocycles. The Balaban J connectivity index is 1.75. The van der Waals surface area contributed by atoms with Crippen molar-refractivity contribution in [3.05, 3.63) is 106 Å². The summed E-state index contributed by atoms with van der Waals surface area (Å²) in [5.74, 6) is -1.99. The number of benzene rings is 3. The SMILES string of the molecule is Fc1cc(Cl)ccc1C=Cc1ccc(C[C@@H](c2ccccc2)C(F)(F)F)cc1. The van der Waals surface area contributed by atoms with Crippen molar-refractivity contribution in [1.82, 2.24) is 0 Å². The molecule has 1 atom stereocenters. The molecule has 28 heavy (non-hydrogen) atoms. The van der Waals surface area contributed by atoms with Gasteiger partial charge in [-0.15, -0.1) is 0 Å². The van der Waals surface area contributed by atoms with Gasteiger partial charge in [0, 0.05) is 10.6 Å². The minimum atomic E-state index is -4.33. The summed E-state index contributed by atoms with van der Waals surface area (Å²) in [7, 11) is 0. The van der Waals surface area contributed by atoms with Gasteiger partial charge in [-0.25, -0.2) is 4.39 Å². The molecule has 0 aliphatic carbocycles. The molecule has 3 aromatic rings. The molecule has 0 spiro atoms. The van der Waals surface area contributed by atoms with Crippen molar-refractivity contribution in [1.29, 1.82) is 0 Å². The molecule has 144 valence electrons. The first kappa shape index (κ1) is 20.2. The van der Waals surface area contributed by atoms with Crippen LogP contribution < -0.4 is 0 Å². The van der Waals surface area contributed by atoms with E-state index in [2.05, 4.69) is 0 Å². The molecule has 0 aromatic heterocycles. The van der Waals surface area contributed by atoms with Crippen LogP contribution in [0.3, 0.4) is 0 Å². The van der Waals surface area contributed by atoms with E-state index in [1.807, 2.05) is 0 Å². The summed E-state index contributed by atoms with van der Waals surface area (Å²) in [4.78, 5) is 0. The topological polar surface area (TPSA) is 0 Å². The second kappa shape index (κ2) is 8.61. The summed E-state index contributed by atoms with van der Waals surface area (Å²) >= 11 is 5.73. The third-order valence-corrected chi connectivity index (χ3v) is 4.67. The highest BCUT2D eigenvalue weighted by Crippen LogP contribution is 2.37. The molecule has 0 nitrogen and oxygen atoms in total. The van der Waals surface area contributed by atoms with Crippen molar-refractivity contribution in [2.24, 2.45) is 0 Å². The molecule has 0 saturated heterocycles. The van der Waals surface area contributed by atoms with Crippen LogP contribution in [0, 0.1) is 5.82 Å².